The largest absolute Gasteiger partial charge is 0.379 e. The van der Waals surface area contributed by atoms with E-state index in [0.29, 0.717) is 5.54 Å². The maximum absolute atomic E-state index is 5.63. The molecule has 2 saturated carbocycles. The molecule has 1 unspecified atom stereocenters. The Bertz CT molecular complexity index is 302. The summed E-state index contributed by atoms with van der Waals surface area (Å²) < 4.78 is 5.63. The zero-order valence-corrected chi connectivity index (χ0v) is 13.9. The lowest BCUT2D eigenvalue weighted by molar-refractivity contribution is -0.0443. The van der Waals surface area contributed by atoms with E-state index >= 15 is 0 Å². The minimum Gasteiger partial charge on any atom is -0.379 e. The molecule has 3 heteroatoms. The molecule has 1 N–H and O–H groups in total. The molecule has 0 radical (unpaired) electrons. The number of ether oxygens (including phenoxy) is 1. The molecular formula is C18H34N2O. The number of hydrogen-bond donors (Lipinski definition) is 1. The van der Waals surface area contributed by atoms with Gasteiger partial charge >= 0.3 is 0 Å². The third-order valence-corrected chi connectivity index (χ3v) is 6.17. The van der Waals surface area contributed by atoms with E-state index in [-0.39, 0.29) is 0 Å². The van der Waals surface area contributed by atoms with Crippen LogP contribution in [0.4, 0.5) is 0 Å². The number of nitrogens with one attached hydrogen (secondary N) is 1. The van der Waals surface area contributed by atoms with Gasteiger partial charge in [-0.3, -0.25) is 4.90 Å². The van der Waals surface area contributed by atoms with Crippen LogP contribution in [-0.2, 0) is 4.74 Å². The van der Waals surface area contributed by atoms with Gasteiger partial charge in [0.25, 0.3) is 0 Å². The molecule has 21 heavy (non-hydrogen) atoms. The van der Waals surface area contributed by atoms with E-state index < -0.39 is 0 Å². The maximum Gasteiger partial charge on any atom is 0.0594 e. The lowest BCUT2D eigenvalue weighted by Crippen LogP contribution is -2.64. The standard InChI is InChI=1S/C18H34N2O/c1-2-11-19-17(16-7-3-4-8-16)18(9-5-6-10-18)20-12-14-21-15-13-20/h16-17,19H,2-15H2,1H3. The van der Waals surface area contributed by atoms with E-state index in [0.717, 1.165) is 38.3 Å². The van der Waals surface area contributed by atoms with Gasteiger partial charge < -0.3 is 10.1 Å². The highest BCUT2D eigenvalue weighted by Gasteiger charge is 2.48. The van der Waals surface area contributed by atoms with Crippen LogP contribution in [-0.4, -0.2) is 49.3 Å². The van der Waals surface area contributed by atoms with Gasteiger partial charge in [0.2, 0.25) is 0 Å². The van der Waals surface area contributed by atoms with Gasteiger partial charge in [-0.2, -0.15) is 0 Å². The van der Waals surface area contributed by atoms with Crippen LogP contribution >= 0.6 is 0 Å². The van der Waals surface area contributed by atoms with Gasteiger partial charge in [0, 0.05) is 24.7 Å². The van der Waals surface area contributed by atoms with Crippen molar-refractivity contribution in [3.05, 3.63) is 0 Å². The van der Waals surface area contributed by atoms with Crippen molar-refractivity contribution < 1.29 is 4.74 Å². The Kier molecular flexibility index (Phi) is 5.58. The fourth-order valence-corrected chi connectivity index (χ4v) is 5.21. The number of hydrogen-bond acceptors (Lipinski definition) is 3. The zero-order valence-electron chi connectivity index (χ0n) is 13.9. The molecule has 0 amide bonds. The molecule has 0 aromatic rings. The molecule has 1 heterocycles. The first-order valence-electron chi connectivity index (χ1n) is 9.43. The summed E-state index contributed by atoms with van der Waals surface area (Å²) in [5, 5.41) is 4.01. The van der Waals surface area contributed by atoms with Crippen molar-refractivity contribution in [2.45, 2.75) is 76.3 Å². The van der Waals surface area contributed by atoms with Gasteiger partial charge in [-0.1, -0.05) is 32.6 Å². The highest BCUT2D eigenvalue weighted by atomic mass is 16.5. The van der Waals surface area contributed by atoms with E-state index in [1.165, 1.54) is 64.3 Å². The van der Waals surface area contributed by atoms with Gasteiger partial charge in [0.15, 0.2) is 0 Å². The molecule has 3 nitrogen and oxygen atoms in total. The number of rotatable bonds is 6. The van der Waals surface area contributed by atoms with Crippen LogP contribution in [0.1, 0.15) is 64.7 Å². The van der Waals surface area contributed by atoms with Crippen LogP contribution in [0.25, 0.3) is 0 Å². The van der Waals surface area contributed by atoms with Gasteiger partial charge in [0.1, 0.15) is 0 Å². The predicted molar refractivity (Wildman–Crippen MR) is 87.6 cm³/mol. The van der Waals surface area contributed by atoms with E-state index in [1.54, 1.807) is 0 Å². The van der Waals surface area contributed by atoms with Crippen LogP contribution in [0, 0.1) is 5.92 Å². The van der Waals surface area contributed by atoms with Gasteiger partial charge in [-0.25, -0.2) is 0 Å². The van der Waals surface area contributed by atoms with Crippen molar-refractivity contribution in [3.63, 3.8) is 0 Å². The normalized spacial score (nSPS) is 29.0. The maximum atomic E-state index is 5.63. The summed E-state index contributed by atoms with van der Waals surface area (Å²) in [6, 6.07) is 0.723. The van der Waals surface area contributed by atoms with E-state index in [9.17, 15) is 0 Å². The quantitative estimate of drug-likeness (QED) is 0.814. The molecule has 0 bridgehead atoms. The smallest absolute Gasteiger partial charge is 0.0594 e. The van der Waals surface area contributed by atoms with E-state index in [4.69, 9.17) is 4.74 Å². The summed E-state index contributed by atoms with van der Waals surface area (Å²) in [5.41, 5.74) is 0.438. The molecule has 3 fully saturated rings. The molecule has 1 aliphatic heterocycles. The Labute approximate surface area is 130 Å². The first-order chi connectivity index (χ1) is 10.4. The van der Waals surface area contributed by atoms with Gasteiger partial charge in [-0.05, 0) is 44.6 Å². The lowest BCUT2D eigenvalue weighted by atomic mass is 9.77. The molecular weight excluding hydrogens is 260 g/mol. The second-order valence-electron chi connectivity index (χ2n) is 7.39. The summed E-state index contributed by atoms with van der Waals surface area (Å²) in [4.78, 5) is 2.81. The summed E-state index contributed by atoms with van der Waals surface area (Å²) in [7, 11) is 0. The highest BCUT2D eigenvalue weighted by molar-refractivity contribution is 5.07. The molecule has 122 valence electrons. The summed E-state index contributed by atoms with van der Waals surface area (Å²) in [6.07, 6.45) is 12.7. The second kappa shape index (κ2) is 7.43. The van der Waals surface area contributed by atoms with Crippen LogP contribution in [0.2, 0.25) is 0 Å². The van der Waals surface area contributed by atoms with Gasteiger partial charge in [0.05, 0.1) is 13.2 Å². The van der Waals surface area contributed by atoms with E-state index in [1.807, 2.05) is 0 Å². The van der Waals surface area contributed by atoms with Crippen molar-refractivity contribution in [1.29, 1.82) is 0 Å². The lowest BCUT2D eigenvalue weighted by Gasteiger charge is -2.50. The van der Waals surface area contributed by atoms with Gasteiger partial charge in [-0.15, -0.1) is 0 Å². The molecule has 3 rings (SSSR count). The van der Waals surface area contributed by atoms with E-state index in [2.05, 4.69) is 17.1 Å². The van der Waals surface area contributed by atoms with Crippen molar-refractivity contribution in [1.82, 2.24) is 10.2 Å². The first kappa shape index (κ1) is 15.8. The SMILES string of the molecule is CCCNC(C1CCCC1)C1(N2CCOCC2)CCCC1. The fourth-order valence-electron chi connectivity index (χ4n) is 5.21. The van der Waals surface area contributed by atoms with Crippen LogP contribution in [0.15, 0.2) is 0 Å². The monoisotopic (exact) mass is 294 g/mol. The second-order valence-corrected chi connectivity index (χ2v) is 7.39. The van der Waals surface area contributed by atoms with Crippen LogP contribution < -0.4 is 5.32 Å². The average Bonchev–Trinajstić information content (AvgIpc) is 3.21. The molecule has 1 saturated heterocycles. The topological polar surface area (TPSA) is 24.5 Å². The molecule has 2 aliphatic carbocycles. The Morgan fingerprint density at radius 1 is 1.10 bits per heavy atom. The fraction of sp³-hybridized carbons (Fsp3) is 1.00. The Balaban J connectivity index is 1.79. The third kappa shape index (κ3) is 3.30. The third-order valence-electron chi connectivity index (χ3n) is 6.17. The van der Waals surface area contributed by atoms with Crippen LogP contribution in [0.5, 0.6) is 0 Å². The Morgan fingerprint density at radius 3 is 2.38 bits per heavy atom. The number of nitrogens with zero attached hydrogens (tertiary/aromatic N) is 1. The molecule has 0 aromatic heterocycles. The molecule has 0 spiro atoms. The minimum atomic E-state index is 0.438. The minimum absolute atomic E-state index is 0.438. The van der Waals surface area contributed by atoms with Crippen molar-refractivity contribution in [3.8, 4) is 0 Å². The first-order valence-corrected chi connectivity index (χ1v) is 9.43. The van der Waals surface area contributed by atoms with Crippen molar-refractivity contribution >= 4 is 0 Å². The summed E-state index contributed by atoms with van der Waals surface area (Å²) in [6.45, 7) is 7.66. The highest BCUT2D eigenvalue weighted by Crippen LogP contribution is 2.44. The molecule has 1 atom stereocenters. The Morgan fingerprint density at radius 2 is 1.76 bits per heavy atom. The number of morpholine rings is 1. The van der Waals surface area contributed by atoms with Crippen molar-refractivity contribution in [2.75, 3.05) is 32.8 Å². The Hall–Kier alpha value is -0.120. The summed E-state index contributed by atoms with van der Waals surface area (Å²) in [5.74, 6) is 0.914. The van der Waals surface area contributed by atoms with Crippen molar-refractivity contribution in [2.24, 2.45) is 5.92 Å². The molecule has 3 aliphatic rings. The molecule has 0 aromatic carbocycles. The predicted octanol–water partition coefficient (Wildman–Crippen LogP) is 3.19. The zero-order chi connectivity index (χ0) is 14.5. The average molecular weight is 294 g/mol. The van der Waals surface area contributed by atoms with Crippen LogP contribution in [0.3, 0.4) is 0 Å². The summed E-state index contributed by atoms with van der Waals surface area (Å²) >= 11 is 0.